The number of carbonyl (C=O) groups is 5. The highest BCUT2D eigenvalue weighted by molar-refractivity contribution is 6.15. The number of carbonyl (C=O) groups excluding carboxylic acids is 5. The second-order valence-electron chi connectivity index (χ2n) is 7.78. The molecular weight excluding hydrogens is 400 g/mol. The molecule has 1 aliphatic heterocycles. The van der Waals surface area contributed by atoms with E-state index in [2.05, 4.69) is 20.9 Å². The molecule has 2 heterocycles. The molecule has 31 heavy (non-hydrogen) atoms. The van der Waals surface area contributed by atoms with Gasteiger partial charge >= 0.3 is 0 Å². The lowest BCUT2D eigenvalue weighted by atomic mass is 9.90. The summed E-state index contributed by atoms with van der Waals surface area (Å²) < 4.78 is 0. The average molecular weight is 424 g/mol. The summed E-state index contributed by atoms with van der Waals surface area (Å²) in [5.41, 5.74) is 1.16. The van der Waals surface area contributed by atoms with Crippen molar-refractivity contribution < 1.29 is 24.0 Å². The zero-order chi connectivity index (χ0) is 22.5. The predicted molar refractivity (Wildman–Crippen MR) is 112 cm³/mol. The summed E-state index contributed by atoms with van der Waals surface area (Å²) in [6.45, 7) is 3.55. The molecule has 0 saturated carbocycles. The van der Waals surface area contributed by atoms with Gasteiger partial charge in [0.25, 0.3) is 5.91 Å². The first kappa shape index (κ1) is 22.1. The Balaban J connectivity index is 1.53. The van der Waals surface area contributed by atoms with E-state index in [1.165, 1.54) is 6.20 Å². The number of pyridine rings is 1. The summed E-state index contributed by atoms with van der Waals surface area (Å²) in [5, 5.41) is 8.22. The summed E-state index contributed by atoms with van der Waals surface area (Å²) >= 11 is 0. The molecule has 4 amide bonds. The number of fused-ring (bicyclic) bond motifs is 1. The first-order valence-electron chi connectivity index (χ1n) is 10.1. The SMILES string of the molecule is CC(C)C(NC(=O)CCNC(=O)c1cnc2ccccc2c1)C(=O)C1CC(=O)NC1=O. The Morgan fingerprint density at radius 1 is 1.19 bits per heavy atom. The fourth-order valence-electron chi connectivity index (χ4n) is 3.40. The standard InChI is InChI=1S/C22H24N4O5/c1-12(2)19(20(29)15-10-18(28)26-22(15)31)25-17(27)7-8-23-21(30)14-9-13-5-3-4-6-16(13)24-11-14/h3-6,9,11-12,15,19H,7-8,10H2,1-2H3,(H,23,30)(H,25,27)(H,26,28,31). The van der Waals surface area contributed by atoms with E-state index < -0.39 is 35.5 Å². The van der Waals surface area contributed by atoms with Gasteiger partial charge in [-0.3, -0.25) is 34.3 Å². The van der Waals surface area contributed by atoms with Gasteiger partial charge in [-0.05, 0) is 18.1 Å². The minimum absolute atomic E-state index is 0.0426. The van der Waals surface area contributed by atoms with Gasteiger partial charge in [0.15, 0.2) is 5.78 Å². The molecule has 9 heteroatoms. The number of nitrogens with one attached hydrogen (secondary N) is 3. The van der Waals surface area contributed by atoms with E-state index in [0.29, 0.717) is 5.56 Å². The molecule has 1 saturated heterocycles. The number of ketones is 1. The highest BCUT2D eigenvalue weighted by Gasteiger charge is 2.40. The van der Waals surface area contributed by atoms with E-state index >= 15 is 0 Å². The summed E-state index contributed by atoms with van der Waals surface area (Å²) in [6, 6.07) is 8.24. The largest absolute Gasteiger partial charge is 0.351 e. The molecule has 0 spiro atoms. The summed E-state index contributed by atoms with van der Waals surface area (Å²) in [7, 11) is 0. The van der Waals surface area contributed by atoms with Gasteiger partial charge in [-0.2, -0.15) is 0 Å². The van der Waals surface area contributed by atoms with Crippen molar-refractivity contribution in [3.8, 4) is 0 Å². The van der Waals surface area contributed by atoms with Crippen molar-refractivity contribution in [2.45, 2.75) is 32.7 Å². The molecule has 2 aromatic rings. The molecule has 2 atom stereocenters. The maximum absolute atomic E-state index is 12.6. The molecule has 0 bridgehead atoms. The number of aromatic nitrogens is 1. The highest BCUT2D eigenvalue weighted by Crippen LogP contribution is 2.17. The van der Waals surface area contributed by atoms with Crippen LogP contribution in [0.4, 0.5) is 0 Å². The van der Waals surface area contributed by atoms with E-state index in [9.17, 15) is 24.0 Å². The molecule has 0 radical (unpaired) electrons. The monoisotopic (exact) mass is 424 g/mol. The number of nitrogens with zero attached hydrogens (tertiary/aromatic N) is 1. The minimum atomic E-state index is -1.08. The Hall–Kier alpha value is -3.62. The van der Waals surface area contributed by atoms with Gasteiger partial charge in [-0.1, -0.05) is 32.0 Å². The Morgan fingerprint density at radius 3 is 2.61 bits per heavy atom. The Labute approximate surface area is 179 Å². The number of hydrogen-bond donors (Lipinski definition) is 3. The zero-order valence-corrected chi connectivity index (χ0v) is 17.3. The van der Waals surface area contributed by atoms with Gasteiger partial charge in [0.2, 0.25) is 17.7 Å². The molecular formula is C22H24N4O5. The summed E-state index contributed by atoms with van der Waals surface area (Å²) in [5.74, 6) is -3.76. The van der Waals surface area contributed by atoms with Gasteiger partial charge in [0, 0.05) is 31.0 Å². The molecule has 9 nitrogen and oxygen atoms in total. The molecule has 3 rings (SSSR count). The second-order valence-corrected chi connectivity index (χ2v) is 7.78. The van der Waals surface area contributed by atoms with Crippen LogP contribution in [0.5, 0.6) is 0 Å². The molecule has 1 aliphatic rings. The van der Waals surface area contributed by atoms with Crippen LogP contribution in [0.1, 0.15) is 37.0 Å². The van der Waals surface area contributed by atoms with Crippen molar-refractivity contribution in [2.24, 2.45) is 11.8 Å². The van der Waals surface area contributed by atoms with Crippen LogP contribution in [0.2, 0.25) is 0 Å². The zero-order valence-electron chi connectivity index (χ0n) is 17.3. The number of para-hydroxylation sites is 1. The lowest BCUT2D eigenvalue weighted by Crippen LogP contribution is -2.48. The number of benzene rings is 1. The highest BCUT2D eigenvalue weighted by atomic mass is 16.2. The van der Waals surface area contributed by atoms with Crippen molar-refractivity contribution in [1.82, 2.24) is 20.9 Å². The van der Waals surface area contributed by atoms with Gasteiger partial charge in [-0.15, -0.1) is 0 Å². The van der Waals surface area contributed by atoms with Gasteiger partial charge in [0.1, 0.15) is 5.92 Å². The summed E-state index contributed by atoms with van der Waals surface area (Å²) in [4.78, 5) is 64.7. The maximum Gasteiger partial charge on any atom is 0.252 e. The number of rotatable bonds is 8. The lowest BCUT2D eigenvalue weighted by molar-refractivity contribution is -0.136. The normalized spacial score (nSPS) is 16.8. The Morgan fingerprint density at radius 2 is 1.94 bits per heavy atom. The van der Waals surface area contributed by atoms with E-state index in [1.54, 1.807) is 19.9 Å². The van der Waals surface area contributed by atoms with Crippen molar-refractivity contribution in [2.75, 3.05) is 6.54 Å². The topological polar surface area (TPSA) is 134 Å². The second kappa shape index (κ2) is 9.46. The lowest BCUT2D eigenvalue weighted by Gasteiger charge is -2.23. The van der Waals surface area contributed by atoms with Crippen LogP contribution < -0.4 is 16.0 Å². The molecule has 1 fully saturated rings. The molecule has 162 valence electrons. The van der Waals surface area contributed by atoms with Crippen molar-refractivity contribution in [3.63, 3.8) is 0 Å². The fourth-order valence-corrected chi connectivity index (χ4v) is 3.40. The van der Waals surface area contributed by atoms with Crippen LogP contribution in [0.15, 0.2) is 36.5 Å². The maximum atomic E-state index is 12.6. The smallest absolute Gasteiger partial charge is 0.252 e. The number of hydrogen-bond acceptors (Lipinski definition) is 6. The third kappa shape index (κ3) is 5.30. The number of amides is 4. The van der Waals surface area contributed by atoms with Crippen LogP contribution in [0.3, 0.4) is 0 Å². The molecule has 0 aliphatic carbocycles. The first-order valence-corrected chi connectivity index (χ1v) is 10.1. The summed E-state index contributed by atoms with van der Waals surface area (Å²) in [6.07, 6.45) is 1.23. The average Bonchev–Trinajstić information content (AvgIpc) is 3.08. The molecule has 3 N–H and O–H groups in total. The van der Waals surface area contributed by atoms with Gasteiger partial charge in [0.05, 0.1) is 17.1 Å². The van der Waals surface area contributed by atoms with Gasteiger partial charge in [-0.25, -0.2) is 0 Å². The minimum Gasteiger partial charge on any atom is -0.351 e. The van der Waals surface area contributed by atoms with Crippen LogP contribution in [0.25, 0.3) is 10.9 Å². The van der Waals surface area contributed by atoms with Crippen molar-refractivity contribution >= 4 is 40.3 Å². The molecule has 1 aromatic carbocycles. The third-order valence-corrected chi connectivity index (χ3v) is 5.09. The van der Waals surface area contributed by atoms with E-state index in [-0.39, 0.29) is 31.2 Å². The van der Waals surface area contributed by atoms with Crippen LogP contribution in [-0.2, 0) is 19.2 Å². The van der Waals surface area contributed by atoms with Crippen molar-refractivity contribution in [3.05, 3.63) is 42.1 Å². The van der Waals surface area contributed by atoms with E-state index in [1.807, 2.05) is 24.3 Å². The Kier molecular flexibility index (Phi) is 6.74. The molecule has 1 aromatic heterocycles. The van der Waals surface area contributed by atoms with E-state index in [0.717, 1.165) is 10.9 Å². The fraction of sp³-hybridized carbons (Fsp3) is 0.364. The number of Topliss-reactive ketones (excluding diaryl/α,β-unsaturated/α-hetero) is 1. The third-order valence-electron chi connectivity index (χ3n) is 5.09. The van der Waals surface area contributed by atoms with Crippen LogP contribution in [0, 0.1) is 11.8 Å². The van der Waals surface area contributed by atoms with Crippen LogP contribution in [-0.4, -0.2) is 47.0 Å². The number of imide groups is 1. The van der Waals surface area contributed by atoms with E-state index in [4.69, 9.17) is 0 Å². The van der Waals surface area contributed by atoms with Crippen LogP contribution >= 0.6 is 0 Å². The van der Waals surface area contributed by atoms with Gasteiger partial charge < -0.3 is 10.6 Å². The predicted octanol–water partition coefficient (Wildman–Crippen LogP) is 0.727. The Bertz CT molecular complexity index is 1050. The quantitative estimate of drug-likeness (QED) is 0.422. The van der Waals surface area contributed by atoms with Crippen molar-refractivity contribution in [1.29, 1.82) is 0 Å². The first-order chi connectivity index (χ1) is 14.8. The molecule has 2 unspecified atom stereocenters.